The summed E-state index contributed by atoms with van der Waals surface area (Å²) in [5.41, 5.74) is 5.90. The molecule has 74 valence electrons. The standard InChI is InChI=1S/C12H15NO/c1-7-5-8(2)11-10(6-7)9(3)13-12(11)14-4/h5-6,12-13H,3H2,1-2,4H3/t12-/m1/s1. The van der Waals surface area contributed by atoms with Crippen LogP contribution in [0.5, 0.6) is 0 Å². The van der Waals surface area contributed by atoms with E-state index in [1.54, 1.807) is 7.11 Å². The van der Waals surface area contributed by atoms with Crippen LogP contribution in [0.1, 0.15) is 28.5 Å². The topological polar surface area (TPSA) is 21.3 Å². The van der Waals surface area contributed by atoms with Gasteiger partial charge in [0.05, 0.1) is 0 Å². The Hall–Kier alpha value is -1.28. The first-order chi connectivity index (χ1) is 6.63. The fraction of sp³-hybridized carbons (Fsp3) is 0.333. The third-order valence-corrected chi connectivity index (χ3v) is 2.66. The highest BCUT2D eigenvalue weighted by Crippen LogP contribution is 2.34. The van der Waals surface area contributed by atoms with E-state index >= 15 is 0 Å². The summed E-state index contributed by atoms with van der Waals surface area (Å²) in [4.78, 5) is 0. The number of aryl methyl sites for hydroxylation is 2. The van der Waals surface area contributed by atoms with Gasteiger partial charge in [-0.05, 0) is 25.5 Å². The molecular weight excluding hydrogens is 174 g/mol. The van der Waals surface area contributed by atoms with Crippen LogP contribution < -0.4 is 5.32 Å². The molecule has 0 aromatic heterocycles. The molecule has 0 saturated heterocycles. The summed E-state index contributed by atoms with van der Waals surface area (Å²) in [7, 11) is 1.71. The summed E-state index contributed by atoms with van der Waals surface area (Å²) in [5.74, 6) is 0. The molecule has 14 heavy (non-hydrogen) atoms. The lowest BCUT2D eigenvalue weighted by Crippen LogP contribution is -2.13. The number of benzene rings is 1. The van der Waals surface area contributed by atoms with E-state index in [1.807, 2.05) is 0 Å². The van der Waals surface area contributed by atoms with Crippen LogP contribution in [0, 0.1) is 13.8 Å². The highest BCUT2D eigenvalue weighted by molar-refractivity contribution is 5.71. The van der Waals surface area contributed by atoms with E-state index in [0.717, 1.165) is 5.70 Å². The van der Waals surface area contributed by atoms with E-state index in [9.17, 15) is 0 Å². The zero-order valence-corrected chi connectivity index (χ0v) is 8.85. The highest BCUT2D eigenvalue weighted by atomic mass is 16.5. The minimum Gasteiger partial charge on any atom is -0.357 e. The molecule has 0 spiro atoms. The number of ether oxygens (including phenoxy) is 1. The van der Waals surface area contributed by atoms with E-state index in [1.165, 1.54) is 22.3 Å². The molecule has 1 atom stereocenters. The van der Waals surface area contributed by atoms with Crippen molar-refractivity contribution in [1.82, 2.24) is 5.32 Å². The summed E-state index contributed by atoms with van der Waals surface area (Å²) in [6, 6.07) is 4.32. The quantitative estimate of drug-likeness (QED) is 0.733. The maximum absolute atomic E-state index is 5.36. The number of hydrogen-bond donors (Lipinski definition) is 1. The van der Waals surface area contributed by atoms with E-state index in [-0.39, 0.29) is 6.23 Å². The molecule has 0 unspecified atom stereocenters. The molecule has 0 bridgehead atoms. The Bertz CT molecular complexity index is 396. The van der Waals surface area contributed by atoms with Gasteiger partial charge in [0, 0.05) is 23.9 Å². The number of rotatable bonds is 1. The number of methoxy groups -OCH3 is 1. The monoisotopic (exact) mass is 189 g/mol. The number of nitrogens with one attached hydrogen (secondary N) is 1. The Labute approximate surface area is 84.6 Å². The number of fused-ring (bicyclic) bond motifs is 1. The first kappa shape index (κ1) is 9.28. The van der Waals surface area contributed by atoms with Crippen molar-refractivity contribution in [1.29, 1.82) is 0 Å². The second-order valence-corrected chi connectivity index (χ2v) is 3.78. The Morgan fingerprint density at radius 1 is 1.36 bits per heavy atom. The summed E-state index contributed by atoms with van der Waals surface area (Å²) >= 11 is 0. The van der Waals surface area contributed by atoms with Crippen LogP contribution in [-0.4, -0.2) is 7.11 Å². The zero-order valence-electron chi connectivity index (χ0n) is 8.85. The Balaban J connectivity index is 2.62. The van der Waals surface area contributed by atoms with Gasteiger partial charge >= 0.3 is 0 Å². The van der Waals surface area contributed by atoms with Crippen molar-refractivity contribution < 1.29 is 4.74 Å². The van der Waals surface area contributed by atoms with Gasteiger partial charge in [-0.25, -0.2) is 0 Å². The second kappa shape index (κ2) is 3.14. The van der Waals surface area contributed by atoms with Gasteiger partial charge in [0.1, 0.15) is 0 Å². The van der Waals surface area contributed by atoms with Crippen LogP contribution in [0.15, 0.2) is 18.7 Å². The highest BCUT2D eigenvalue weighted by Gasteiger charge is 2.26. The lowest BCUT2D eigenvalue weighted by atomic mass is 9.99. The lowest BCUT2D eigenvalue weighted by Gasteiger charge is -2.12. The fourth-order valence-electron chi connectivity index (χ4n) is 2.06. The second-order valence-electron chi connectivity index (χ2n) is 3.78. The Kier molecular flexibility index (Phi) is 2.08. The summed E-state index contributed by atoms with van der Waals surface area (Å²) in [6.45, 7) is 8.19. The molecule has 1 heterocycles. The minimum atomic E-state index is -0.0295. The van der Waals surface area contributed by atoms with Crippen molar-refractivity contribution in [3.63, 3.8) is 0 Å². The molecule has 2 rings (SSSR count). The van der Waals surface area contributed by atoms with Crippen LogP contribution >= 0.6 is 0 Å². The SMILES string of the molecule is C=C1N[C@H](OC)c2c(C)cc(C)cc21. The first-order valence-corrected chi connectivity index (χ1v) is 4.73. The van der Waals surface area contributed by atoms with Crippen molar-refractivity contribution >= 4 is 5.70 Å². The van der Waals surface area contributed by atoms with Gasteiger partial charge in [0.15, 0.2) is 6.23 Å². The maximum Gasteiger partial charge on any atom is 0.154 e. The minimum absolute atomic E-state index is 0.0295. The van der Waals surface area contributed by atoms with Gasteiger partial charge in [-0.1, -0.05) is 18.2 Å². The molecule has 0 saturated carbocycles. The third-order valence-electron chi connectivity index (χ3n) is 2.66. The van der Waals surface area contributed by atoms with Crippen LogP contribution in [0.4, 0.5) is 0 Å². The van der Waals surface area contributed by atoms with E-state index < -0.39 is 0 Å². The van der Waals surface area contributed by atoms with Crippen LogP contribution in [0.3, 0.4) is 0 Å². The molecule has 1 N–H and O–H groups in total. The first-order valence-electron chi connectivity index (χ1n) is 4.73. The van der Waals surface area contributed by atoms with Crippen molar-refractivity contribution in [2.24, 2.45) is 0 Å². The van der Waals surface area contributed by atoms with Crippen molar-refractivity contribution in [2.75, 3.05) is 7.11 Å². The number of hydrogen-bond acceptors (Lipinski definition) is 2. The summed E-state index contributed by atoms with van der Waals surface area (Å²) < 4.78 is 5.36. The molecule has 0 radical (unpaired) electrons. The van der Waals surface area contributed by atoms with Gasteiger partial charge < -0.3 is 10.1 Å². The normalized spacial score (nSPS) is 19.4. The van der Waals surface area contributed by atoms with Crippen molar-refractivity contribution in [3.8, 4) is 0 Å². The van der Waals surface area contributed by atoms with Gasteiger partial charge in [-0.15, -0.1) is 0 Å². The predicted octanol–water partition coefficient (Wildman–Crippen LogP) is 2.52. The third kappa shape index (κ3) is 1.23. The van der Waals surface area contributed by atoms with Crippen molar-refractivity contribution in [2.45, 2.75) is 20.1 Å². The fourth-order valence-corrected chi connectivity index (χ4v) is 2.06. The Morgan fingerprint density at radius 3 is 2.71 bits per heavy atom. The van der Waals surface area contributed by atoms with Gasteiger partial charge in [0.2, 0.25) is 0 Å². The molecule has 1 aromatic rings. The largest absolute Gasteiger partial charge is 0.357 e. The van der Waals surface area contributed by atoms with Crippen LogP contribution in [-0.2, 0) is 4.74 Å². The molecule has 2 nitrogen and oxygen atoms in total. The Morgan fingerprint density at radius 2 is 2.07 bits per heavy atom. The van der Waals surface area contributed by atoms with E-state index in [4.69, 9.17) is 4.74 Å². The van der Waals surface area contributed by atoms with Crippen LogP contribution in [0.25, 0.3) is 5.70 Å². The maximum atomic E-state index is 5.36. The van der Waals surface area contributed by atoms with Crippen LogP contribution in [0.2, 0.25) is 0 Å². The molecule has 1 aliphatic heterocycles. The molecule has 0 fully saturated rings. The van der Waals surface area contributed by atoms with E-state index in [2.05, 4.69) is 37.9 Å². The summed E-state index contributed by atoms with van der Waals surface area (Å²) in [5, 5.41) is 3.22. The molecule has 1 aliphatic rings. The van der Waals surface area contributed by atoms with E-state index in [0.29, 0.717) is 0 Å². The van der Waals surface area contributed by atoms with Gasteiger partial charge in [-0.2, -0.15) is 0 Å². The van der Waals surface area contributed by atoms with Crippen molar-refractivity contribution in [3.05, 3.63) is 41.0 Å². The molecule has 0 amide bonds. The smallest absolute Gasteiger partial charge is 0.154 e. The molecular formula is C12H15NO. The lowest BCUT2D eigenvalue weighted by molar-refractivity contribution is 0.0937. The van der Waals surface area contributed by atoms with Gasteiger partial charge in [-0.3, -0.25) is 0 Å². The molecule has 1 aromatic carbocycles. The molecule has 2 heteroatoms. The zero-order chi connectivity index (χ0) is 10.3. The average Bonchev–Trinajstić information content (AvgIpc) is 2.43. The average molecular weight is 189 g/mol. The predicted molar refractivity (Wildman–Crippen MR) is 57.8 cm³/mol. The molecule has 0 aliphatic carbocycles. The van der Waals surface area contributed by atoms with Gasteiger partial charge in [0.25, 0.3) is 0 Å². The summed E-state index contributed by atoms with van der Waals surface area (Å²) in [6.07, 6.45) is -0.0295.